The van der Waals surface area contributed by atoms with Crippen LogP contribution in [0.4, 0.5) is 13.2 Å². The van der Waals surface area contributed by atoms with Gasteiger partial charge in [-0.05, 0) is 22.9 Å². The van der Waals surface area contributed by atoms with Crippen LogP contribution in [-0.2, 0) is 19.8 Å². The molecule has 4 aromatic rings. The maximum atomic E-state index is 13.0. The highest BCUT2D eigenvalue weighted by molar-refractivity contribution is 9.10. The van der Waals surface area contributed by atoms with Gasteiger partial charge in [0.1, 0.15) is 12.9 Å². The highest BCUT2D eigenvalue weighted by atomic mass is 79.9. The van der Waals surface area contributed by atoms with Crippen molar-refractivity contribution < 1.29 is 13.2 Å². The monoisotopic (exact) mass is 414 g/mol. The molecule has 4 aromatic heterocycles. The zero-order valence-electron chi connectivity index (χ0n) is 13.0. The average molecular weight is 415 g/mol. The van der Waals surface area contributed by atoms with Crippen molar-refractivity contribution in [2.45, 2.75) is 19.6 Å². The molecular weight excluding hydrogens is 405 g/mol. The molecule has 0 N–H and O–H groups in total. The largest absolute Gasteiger partial charge is 0.436 e. The quantitative estimate of drug-likeness (QED) is 0.502. The predicted molar refractivity (Wildman–Crippen MR) is 83.8 cm³/mol. The number of fused-ring (bicyclic) bond motifs is 3. The van der Waals surface area contributed by atoms with Crippen molar-refractivity contribution in [3.05, 3.63) is 34.2 Å². The standard InChI is InChI=1S/C13H10BrF3N8/c1-6-9(14)10(13(15,16)17)22-24(6)4-8-20-12-7-3-19-23(2)11(7)18-5-25(12)21-8/h3,5H,4H2,1-2H3. The second-order valence-electron chi connectivity index (χ2n) is 5.45. The Morgan fingerprint density at radius 2 is 1.96 bits per heavy atom. The zero-order valence-corrected chi connectivity index (χ0v) is 14.5. The first-order valence-corrected chi connectivity index (χ1v) is 7.87. The van der Waals surface area contributed by atoms with E-state index in [0.717, 1.165) is 0 Å². The van der Waals surface area contributed by atoms with Crippen LogP contribution in [0.15, 0.2) is 17.0 Å². The summed E-state index contributed by atoms with van der Waals surface area (Å²) in [5, 5.41) is 12.7. The zero-order chi connectivity index (χ0) is 17.9. The van der Waals surface area contributed by atoms with Crippen molar-refractivity contribution in [2.75, 3.05) is 0 Å². The fraction of sp³-hybridized carbons (Fsp3) is 0.308. The number of nitrogens with zero attached hydrogens (tertiary/aromatic N) is 8. The Hall–Kier alpha value is -2.50. The second kappa shape index (κ2) is 5.25. The SMILES string of the molecule is Cc1c(Br)c(C(F)(F)F)nn1Cc1nc2c3cnn(C)c3ncn2n1. The summed E-state index contributed by atoms with van der Waals surface area (Å²) in [5.41, 5.74) is 0.553. The van der Waals surface area contributed by atoms with Crippen molar-refractivity contribution in [1.82, 2.24) is 39.1 Å². The van der Waals surface area contributed by atoms with Crippen LogP contribution in [0.25, 0.3) is 16.7 Å². The molecule has 4 rings (SSSR count). The predicted octanol–water partition coefficient (Wildman–Crippen LogP) is 2.35. The summed E-state index contributed by atoms with van der Waals surface area (Å²) >= 11 is 2.95. The summed E-state index contributed by atoms with van der Waals surface area (Å²) in [6, 6.07) is 0. The van der Waals surface area contributed by atoms with E-state index in [-0.39, 0.29) is 11.0 Å². The van der Waals surface area contributed by atoms with Crippen molar-refractivity contribution in [3.63, 3.8) is 0 Å². The number of hydrogen-bond donors (Lipinski definition) is 0. The Morgan fingerprint density at radius 1 is 1.20 bits per heavy atom. The van der Waals surface area contributed by atoms with Crippen LogP contribution in [0.1, 0.15) is 17.2 Å². The van der Waals surface area contributed by atoms with Crippen LogP contribution in [0.3, 0.4) is 0 Å². The van der Waals surface area contributed by atoms with Gasteiger partial charge in [-0.15, -0.1) is 5.10 Å². The molecule has 25 heavy (non-hydrogen) atoms. The lowest BCUT2D eigenvalue weighted by atomic mass is 10.3. The number of alkyl halides is 3. The Morgan fingerprint density at radius 3 is 2.64 bits per heavy atom. The normalized spacial score (nSPS) is 12.6. The van der Waals surface area contributed by atoms with E-state index in [1.165, 1.54) is 15.5 Å². The lowest BCUT2D eigenvalue weighted by Crippen LogP contribution is -2.10. The maximum absolute atomic E-state index is 13.0. The molecule has 0 aliphatic rings. The van der Waals surface area contributed by atoms with Gasteiger partial charge in [-0.3, -0.25) is 9.36 Å². The summed E-state index contributed by atoms with van der Waals surface area (Å²) < 4.78 is 43.1. The molecule has 12 heteroatoms. The van der Waals surface area contributed by atoms with E-state index in [1.54, 1.807) is 24.9 Å². The summed E-state index contributed by atoms with van der Waals surface area (Å²) in [4.78, 5) is 8.63. The molecule has 0 radical (unpaired) electrons. The molecular formula is C13H10BrF3N8. The van der Waals surface area contributed by atoms with Crippen LogP contribution in [0, 0.1) is 6.92 Å². The number of rotatable bonds is 2. The summed E-state index contributed by atoms with van der Waals surface area (Å²) in [6.45, 7) is 1.55. The van der Waals surface area contributed by atoms with Crippen LogP contribution >= 0.6 is 15.9 Å². The highest BCUT2D eigenvalue weighted by Crippen LogP contribution is 2.35. The minimum absolute atomic E-state index is 0.00392. The minimum Gasteiger partial charge on any atom is -0.260 e. The van der Waals surface area contributed by atoms with Gasteiger partial charge in [0.15, 0.2) is 22.8 Å². The van der Waals surface area contributed by atoms with Gasteiger partial charge < -0.3 is 0 Å². The van der Waals surface area contributed by atoms with E-state index >= 15 is 0 Å². The topological polar surface area (TPSA) is 78.7 Å². The highest BCUT2D eigenvalue weighted by Gasteiger charge is 2.38. The van der Waals surface area contributed by atoms with Crippen LogP contribution in [0.5, 0.6) is 0 Å². The number of hydrogen-bond acceptors (Lipinski definition) is 5. The van der Waals surface area contributed by atoms with Gasteiger partial charge in [0.2, 0.25) is 0 Å². The number of aromatic nitrogens is 8. The van der Waals surface area contributed by atoms with Gasteiger partial charge in [0.05, 0.1) is 21.7 Å². The molecule has 0 spiro atoms. The molecule has 0 aromatic carbocycles. The van der Waals surface area contributed by atoms with E-state index in [9.17, 15) is 13.2 Å². The van der Waals surface area contributed by atoms with Gasteiger partial charge in [-0.1, -0.05) is 0 Å². The summed E-state index contributed by atoms with van der Waals surface area (Å²) in [6.07, 6.45) is -1.43. The van der Waals surface area contributed by atoms with Gasteiger partial charge in [0.25, 0.3) is 0 Å². The first kappa shape index (κ1) is 16.0. The molecule has 0 bridgehead atoms. The van der Waals surface area contributed by atoms with Crippen LogP contribution in [-0.4, -0.2) is 39.1 Å². The average Bonchev–Trinajstić information content (AvgIpc) is 3.18. The van der Waals surface area contributed by atoms with Gasteiger partial charge in [-0.25, -0.2) is 14.5 Å². The third kappa shape index (κ3) is 2.47. The first-order chi connectivity index (χ1) is 11.8. The summed E-state index contributed by atoms with van der Waals surface area (Å²) in [5.74, 6) is 0.324. The Labute approximate surface area is 146 Å². The van der Waals surface area contributed by atoms with Crippen molar-refractivity contribution in [2.24, 2.45) is 7.05 Å². The third-order valence-electron chi connectivity index (χ3n) is 3.81. The Bertz CT molecular complexity index is 1110. The minimum atomic E-state index is -4.53. The molecule has 0 unspecified atom stereocenters. The second-order valence-corrected chi connectivity index (χ2v) is 6.24. The number of aryl methyl sites for hydroxylation is 1. The van der Waals surface area contributed by atoms with E-state index in [0.29, 0.717) is 28.2 Å². The van der Waals surface area contributed by atoms with Crippen molar-refractivity contribution >= 4 is 32.6 Å². The molecule has 0 atom stereocenters. The smallest absolute Gasteiger partial charge is 0.260 e. The molecule has 4 heterocycles. The van der Waals surface area contributed by atoms with Gasteiger partial charge >= 0.3 is 6.18 Å². The van der Waals surface area contributed by atoms with Gasteiger partial charge in [-0.2, -0.15) is 23.4 Å². The third-order valence-corrected chi connectivity index (χ3v) is 4.76. The molecule has 0 saturated carbocycles. The van der Waals surface area contributed by atoms with Crippen LogP contribution < -0.4 is 0 Å². The maximum Gasteiger partial charge on any atom is 0.436 e. The van der Waals surface area contributed by atoms with E-state index in [1.807, 2.05) is 0 Å². The Kier molecular flexibility index (Phi) is 3.36. The molecule has 0 fully saturated rings. The molecule has 0 saturated heterocycles. The fourth-order valence-corrected chi connectivity index (χ4v) is 3.05. The van der Waals surface area contributed by atoms with Crippen LogP contribution in [0.2, 0.25) is 0 Å². The Balaban J connectivity index is 1.78. The van der Waals surface area contributed by atoms with E-state index in [4.69, 9.17) is 0 Å². The van der Waals surface area contributed by atoms with Crippen molar-refractivity contribution in [3.8, 4) is 0 Å². The first-order valence-electron chi connectivity index (χ1n) is 7.08. The summed E-state index contributed by atoms with van der Waals surface area (Å²) in [7, 11) is 1.76. The fourth-order valence-electron chi connectivity index (χ4n) is 2.54. The number of halogens is 4. The van der Waals surface area contributed by atoms with Crippen molar-refractivity contribution in [1.29, 1.82) is 0 Å². The van der Waals surface area contributed by atoms with E-state index in [2.05, 4.69) is 41.2 Å². The molecule has 0 amide bonds. The lowest BCUT2D eigenvalue weighted by molar-refractivity contribution is -0.142. The lowest BCUT2D eigenvalue weighted by Gasteiger charge is -2.01. The molecule has 0 aliphatic carbocycles. The molecule has 8 nitrogen and oxygen atoms in total. The van der Waals surface area contributed by atoms with Gasteiger partial charge in [0, 0.05) is 7.05 Å². The molecule has 0 aliphatic heterocycles. The molecule has 130 valence electrons. The van der Waals surface area contributed by atoms with E-state index < -0.39 is 11.9 Å².